The first-order chi connectivity index (χ1) is 13.4. The molecule has 0 amide bonds. The number of nitrogens with zero attached hydrogens (tertiary/aromatic N) is 2. The van der Waals surface area contributed by atoms with E-state index in [4.69, 9.17) is 0 Å². The maximum Gasteiger partial charge on any atom is 0.0369 e. The molecule has 2 heteroatoms. The minimum Gasteiger partial charge on any atom is -0.381 e. The Kier molecular flexibility index (Phi) is 12.0. The van der Waals surface area contributed by atoms with Crippen LogP contribution in [0, 0.1) is 6.92 Å². The predicted octanol–water partition coefficient (Wildman–Crippen LogP) is 7.36. The van der Waals surface area contributed by atoms with E-state index in [1.807, 2.05) is 0 Å². The van der Waals surface area contributed by atoms with Crippen LogP contribution in [-0.4, -0.2) is 32.1 Å². The molecule has 0 heterocycles. The Morgan fingerprint density at radius 2 is 1.39 bits per heavy atom. The van der Waals surface area contributed by atoms with Crippen LogP contribution in [0.1, 0.15) is 90.2 Å². The lowest BCUT2D eigenvalue weighted by atomic mass is 9.99. The summed E-state index contributed by atoms with van der Waals surface area (Å²) in [7, 11) is 4.26. The third kappa shape index (κ3) is 8.71. The molecule has 28 heavy (non-hydrogen) atoms. The molecular formula is C26H46N2. The van der Waals surface area contributed by atoms with Gasteiger partial charge in [0.25, 0.3) is 0 Å². The Balaban J connectivity index is 2.85. The molecule has 0 bridgehead atoms. The zero-order valence-corrected chi connectivity index (χ0v) is 19.9. The molecule has 0 unspecified atom stereocenters. The topological polar surface area (TPSA) is 6.48 Å². The first kappa shape index (κ1) is 24.6. The van der Waals surface area contributed by atoms with Crippen molar-refractivity contribution < 1.29 is 0 Å². The zero-order valence-electron chi connectivity index (χ0n) is 19.9. The standard InChI is InChI=1S/C26H46N2/c1-8-10-12-14-18-28(19-15-13-11-9-2)26-17-16-25(23(4)21-26)20-22(3)24(5)27(6)7/h16-17,21H,8-15,18-20H2,1-7H3/b24-22+. The summed E-state index contributed by atoms with van der Waals surface area (Å²) in [6, 6.07) is 7.15. The van der Waals surface area contributed by atoms with Gasteiger partial charge in [-0.3, -0.25) is 0 Å². The molecular weight excluding hydrogens is 340 g/mol. The molecule has 0 aliphatic rings. The number of hydrogen-bond donors (Lipinski definition) is 0. The van der Waals surface area contributed by atoms with Crippen molar-refractivity contribution in [3.05, 3.63) is 40.6 Å². The second-order valence-corrected chi connectivity index (χ2v) is 8.66. The first-order valence-electron chi connectivity index (χ1n) is 11.6. The number of allylic oxidation sites excluding steroid dienone is 2. The zero-order chi connectivity index (χ0) is 20.9. The lowest BCUT2D eigenvalue weighted by Gasteiger charge is -2.26. The van der Waals surface area contributed by atoms with Crippen LogP contribution in [0.4, 0.5) is 5.69 Å². The minimum atomic E-state index is 1.04. The second kappa shape index (κ2) is 13.7. The average Bonchev–Trinajstić information content (AvgIpc) is 2.67. The molecule has 1 rings (SSSR count). The highest BCUT2D eigenvalue weighted by Gasteiger charge is 2.10. The van der Waals surface area contributed by atoms with Gasteiger partial charge in [-0.25, -0.2) is 0 Å². The second-order valence-electron chi connectivity index (χ2n) is 8.66. The Morgan fingerprint density at radius 3 is 1.86 bits per heavy atom. The predicted molar refractivity (Wildman–Crippen MR) is 127 cm³/mol. The summed E-state index contributed by atoms with van der Waals surface area (Å²) < 4.78 is 0. The normalized spacial score (nSPS) is 12.1. The summed E-state index contributed by atoms with van der Waals surface area (Å²) in [5.41, 5.74) is 7.13. The van der Waals surface area contributed by atoms with Gasteiger partial charge in [0, 0.05) is 38.6 Å². The van der Waals surface area contributed by atoms with Crippen LogP contribution in [0.25, 0.3) is 0 Å². The summed E-state index contributed by atoms with van der Waals surface area (Å²) in [6.07, 6.45) is 11.7. The van der Waals surface area contributed by atoms with E-state index in [0.717, 1.165) is 6.42 Å². The molecule has 0 saturated carbocycles. The van der Waals surface area contributed by atoms with E-state index in [2.05, 4.69) is 76.7 Å². The minimum absolute atomic E-state index is 1.04. The molecule has 2 nitrogen and oxygen atoms in total. The fourth-order valence-corrected chi connectivity index (χ4v) is 3.70. The van der Waals surface area contributed by atoms with E-state index < -0.39 is 0 Å². The highest BCUT2D eigenvalue weighted by atomic mass is 15.1. The van der Waals surface area contributed by atoms with Gasteiger partial charge in [-0.15, -0.1) is 0 Å². The third-order valence-corrected chi connectivity index (χ3v) is 6.00. The SMILES string of the molecule is CCCCCCN(CCCCCC)c1ccc(C/C(C)=C(\C)N(C)C)c(C)c1. The van der Waals surface area contributed by atoms with Crippen LogP contribution in [0.5, 0.6) is 0 Å². The van der Waals surface area contributed by atoms with Crippen molar-refractivity contribution >= 4 is 5.69 Å². The summed E-state index contributed by atoms with van der Waals surface area (Å²) >= 11 is 0. The number of hydrogen-bond acceptors (Lipinski definition) is 2. The van der Waals surface area contributed by atoms with Crippen molar-refractivity contribution in [2.45, 2.75) is 92.4 Å². The Labute approximate surface area is 176 Å². The highest BCUT2D eigenvalue weighted by molar-refractivity contribution is 5.51. The maximum absolute atomic E-state index is 2.63. The summed E-state index contributed by atoms with van der Waals surface area (Å²) in [6.45, 7) is 13.7. The first-order valence-corrected chi connectivity index (χ1v) is 11.6. The lowest BCUT2D eigenvalue weighted by Crippen LogP contribution is -2.26. The van der Waals surface area contributed by atoms with Gasteiger partial charge in [-0.05, 0) is 63.3 Å². The molecule has 0 radical (unpaired) electrons. The fraction of sp³-hybridized carbons (Fsp3) is 0.692. The molecule has 0 saturated heterocycles. The highest BCUT2D eigenvalue weighted by Crippen LogP contribution is 2.23. The molecule has 0 fully saturated rings. The van der Waals surface area contributed by atoms with Crippen LogP contribution in [-0.2, 0) is 6.42 Å². The lowest BCUT2D eigenvalue weighted by molar-refractivity contribution is 0.505. The van der Waals surface area contributed by atoms with Gasteiger partial charge < -0.3 is 9.80 Å². The van der Waals surface area contributed by atoms with E-state index in [0.29, 0.717) is 0 Å². The van der Waals surface area contributed by atoms with Crippen LogP contribution in [0.2, 0.25) is 0 Å². The molecule has 0 spiro atoms. The van der Waals surface area contributed by atoms with Crippen LogP contribution in [0.15, 0.2) is 29.5 Å². The van der Waals surface area contributed by atoms with Crippen LogP contribution >= 0.6 is 0 Å². The van der Waals surface area contributed by atoms with E-state index in [1.165, 1.54) is 92.5 Å². The van der Waals surface area contributed by atoms with Crippen LogP contribution < -0.4 is 4.90 Å². The molecule has 0 atom stereocenters. The Hall–Kier alpha value is -1.44. The van der Waals surface area contributed by atoms with Gasteiger partial charge >= 0.3 is 0 Å². The maximum atomic E-state index is 2.63. The average molecular weight is 387 g/mol. The van der Waals surface area contributed by atoms with Gasteiger partial charge in [-0.1, -0.05) is 64.0 Å². The van der Waals surface area contributed by atoms with E-state index in [9.17, 15) is 0 Å². The molecule has 0 aliphatic heterocycles. The summed E-state index contributed by atoms with van der Waals surface area (Å²) in [5.74, 6) is 0. The van der Waals surface area contributed by atoms with Crippen molar-refractivity contribution in [3.8, 4) is 0 Å². The molecule has 0 N–H and O–H groups in total. The van der Waals surface area contributed by atoms with Gasteiger partial charge in [-0.2, -0.15) is 0 Å². The van der Waals surface area contributed by atoms with E-state index in [1.54, 1.807) is 0 Å². The fourth-order valence-electron chi connectivity index (χ4n) is 3.70. The van der Waals surface area contributed by atoms with Gasteiger partial charge in [0.2, 0.25) is 0 Å². The molecule has 160 valence electrons. The molecule has 1 aromatic carbocycles. The van der Waals surface area contributed by atoms with Gasteiger partial charge in [0.05, 0.1) is 0 Å². The van der Waals surface area contributed by atoms with Crippen molar-refractivity contribution in [1.82, 2.24) is 4.90 Å². The third-order valence-electron chi connectivity index (χ3n) is 6.00. The number of benzene rings is 1. The number of anilines is 1. The number of unbranched alkanes of at least 4 members (excludes halogenated alkanes) is 6. The quantitative estimate of drug-likeness (QED) is 0.308. The Bertz CT molecular complexity index is 574. The summed E-state index contributed by atoms with van der Waals surface area (Å²) in [5, 5.41) is 0. The van der Waals surface area contributed by atoms with Crippen molar-refractivity contribution in [1.29, 1.82) is 0 Å². The van der Waals surface area contributed by atoms with Gasteiger partial charge in [0.15, 0.2) is 0 Å². The Morgan fingerprint density at radius 1 is 0.821 bits per heavy atom. The molecule has 0 aliphatic carbocycles. The van der Waals surface area contributed by atoms with Crippen molar-refractivity contribution in [3.63, 3.8) is 0 Å². The van der Waals surface area contributed by atoms with E-state index in [-0.39, 0.29) is 0 Å². The monoisotopic (exact) mass is 386 g/mol. The largest absolute Gasteiger partial charge is 0.381 e. The van der Waals surface area contributed by atoms with Crippen molar-refractivity contribution in [2.24, 2.45) is 0 Å². The number of aryl methyl sites for hydroxylation is 1. The molecule has 1 aromatic rings. The molecule has 0 aromatic heterocycles. The van der Waals surface area contributed by atoms with Crippen molar-refractivity contribution in [2.75, 3.05) is 32.1 Å². The van der Waals surface area contributed by atoms with E-state index >= 15 is 0 Å². The smallest absolute Gasteiger partial charge is 0.0369 e. The van der Waals surface area contributed by atoms with Crippen LogP contribution in [0.3, 0.4) is 0 Å². The van der Waals surface area contributed by atoms with Gasteiger partial charge in [0.1, 0.15) is 0 Å². The number of rotatable bonds is 14. The summed E-state index contributed by atoms with van der Waals surface area (Å²) in [4.78, 5) is 4.85.